The van der Waals surface area contributed by atoms with Crippen LogP contribution in [0.25, 0.3) is 0 Å². The molecule has 3 N–H and O–H groups in total. The third-order valence-corrected chi connectivity index (χ3v) is 5.32. The Labute approximate surface area is 134 Å². The highest BCUT2D eigenvalue weighted by Crippen LogP contribution is 2.58. The maximum Gasteiger partial charge on any atom is 0.313 e. The number of hydrogen-bond donors (Lipinski definition) is 3. The van der Waals surface area contributed by atoms with Crippen molar-refractivity contribution in [2.24, 2.45) is 5.92 Å². The first-order valence-corrected chi connectivity index (χ1v) is 8.65. The van der Waals surface area contributed by atoms with E-state index in [0.717, 1.165) is 48.7 Å². The van der Waals surface area contributed by atoms with Crippen LogP contribution < -0.4 is 5.32 Å². The molecule has 8 nitrogen and oxygen atoms in total. The maximum atomic E-state index is 10.7. The predicted molar refractivity (Wildman–Crippen MR) is 80.2 cm³/mol. The van der Waals surface area contributed by atoms with Crippen molar-refractivity contribution >= 4 is 41.4 Å². The minimum absolute atomic E-state index is 0.0789. The monoisotopic (exact) mass is 342 g/mol. The lowest BCUT2D eigenvalue weighted by Crippen LogP contribution is -2.63. The SMILES string of the molecule is O=C(O)CSc1nc(NC23CC(C2)C3)nc(SCC(=O)O)n1. The largest absolute Gasteiger partial charge is 0.481 e. The zero-order valence-corrected chi connectivity index (χ0v) is 13.1. The van der Waals surface area contributed by atoms with Crippen LogP contribution in [0.1, 0.15) is 19.3 Å². The first kappa shape index (κ1) is 15.3. The van der Waals surface area contributed by atoms with Gasteiger partial charge in [-0.1, -0.05) is 23.5 Å². The van der Waals surface area contributed by atoms with Crippen molar-refractivity contribution in [3.05, 3.63) is 0 Å². The number of rotatable bonds is 8. The predicted octanol–water partition coefficient (Wildman–Crippen LogP) is 1.19. The second-order valence-corrected chi connectivity index (χ2v) is 7.36. The van der Waals surface area contributed by atoms with Crippen molar-refractivity contribution in [3.8, 4) is 0 Å². The van der Waals surface area contributed by atoms with Gasteiger partial charge in [-0.25, -0.2) is 0 Å². The summed E-state index contributed by atoms with van der Waals surface area (Å²) in [6.45, 7) is 0. The Morgan fingerprint density at radius 1 is 1.05 bits per heavy atom. The molecule has 0 amide bonds. The second-order valence-electron chi connectivity index (χ2n) is 5.47. The fourth-order valence-electron chi connectivity index (χ4n) is 2.64. The summed E-state index contributed by atoms with van der Waals surface area (Å²) in [6.07, 6.45) is 3.32. The molecule has 0 atom stereocenters. The van der Waals surface area contributed by atoms with Gasteiger partial charge in [0.25, 0.3) is 0 Å². The molecule has 3 fully saturated rings. The van der Waals surface area contributed by atoms with E-state index in [0.29, 0.717) is 16.3 Å². The smallest absolute Gasteiger partial charge is 0.313 e. The lowest BCUT2D eigenvalue weighted by Gasteiger charge is -2.61. The molecule has 0 aliphatic heterocycles. The lowest BCUT2D eigenvalue weighted by atomic mass is 9.50. The molecule has 22 heavy (non-hydrogen) atoms. The lowest BCUT2D eigenvalue weighted by molar-refractivity contribution is -0.134. The summed E-state index contributed by atoms with van der Waals surface area (Å²) in [7, 11) is 0. The normalized spacial score (nSPS) is 25.0. The molecule has 0 aromatic carbocycles. The minimum Gasteiger partial charge on any atom is -0.481 e. The van der Waals surface area contributed by atoms with Crippen molar-refractivity contribution in [2.45, 2.75) is 35.1 Å². The number of carboxylic acid groups (broad SMARTS) is 2. The zero-order chi connectivity index (χ0) is 15.7. The van der Waals surface area contributed by atoms with Crippen LogP contribution in [0, 0.1) is 5.92 Å². The van der Waals surface area contributed by atoms with Gasteiger partial charge in [-0.3, -0.25) is 9.59 Å². The van der Waals surface area contributed by atoms with Crippen LogP contribution in [0.3, 0.4) is 0 Å². The van der Waals surface area contributed by atoms with Gasteiger partial charge in [-0.2, -0.15) is 15.0 Å². The number of nitrogens with one attached hydrogen (secondary N) is 1. The first-order valence-electron chi connectivity index (χ1n) is 6.68. The molecular weight excluding hydrogens is 328 g/mol. The van der Waals surface area contributed by atoms with E-state index in [9.17, 15) is 9.59 Å². The summed E-state index contributed by atoms with van der Waals surface area (Å²) < 4.78 is 0. The van der Waals surface area contributed by atoms with Gasteiger partial charge < -0.3 is 15.5 Å². The van der Waals surface area contributed by atoms with E-state index in [-0.39, 0.29) is 17.0 Å². The average molecular weight is 342 g/mol. The van der Waals surface area contributed by atoms with E-state index in [1.54, 1.807) is 0 Å². The summed E-state index contributed by atoms with van der Waals surface area (Å²) in [5.41, 5.74) is 0.0789. The number of thioether (sulfide) groups is 2. The second kappa shape index (κ2) is 5.92. The molecule has 0 saturated heterocycles. The van der Waals surface area contributed by atoms with Crippen LogP contribution in [-0.4, -0.2) is 54.1 Å². The zero-order valence-electron chi connectivity index (χ0n) is 11.5. The standard InChI is InChI=1S/C12H14N4O4S2/c17-7(18)4-21-10-13-9(16-12-1-6(2-12)3-12)14-11(15-10)22-5-8(19)20/h6H,1-5H2,(H,17,18)(H,19,20)(H,13,14,15,16). The van der Waals surface area contributed by atoms with Gasteiger partial charge in [0.2, 0.25) is 5.95 Å². The van der Waals surface area contributed by atoms with Crippen LogP contribution in [0.4, 0.5) is 5.95 Å². The maximum absolute atomic E-state index is 10.7. The minimum atomic E-state index is -0.959. The topological polar surface area (TPSA) is 125 Å². The van der Waals surface area contributed by atoms with Gasteiger partial charge in [0, 0.05) is 5.54 Å². The fourth-order valence-corrected chi connectivity index (χ4v) is 3.81. The Balaban J connectivity index is 1.73. The van der Waals surface area contributed by atoms with E-state index < -0.39 is 11.9 Å². The molecule has 118 valence electrons. The van der Waals surface area contributed by atoms with Gasteiger partial charge in [-0.05, 0) is 25.2 Å². The third kappa shape index (κ3) is 3.43. The van der Waals surface area contributed by atoms with E-state index in [2.05, 4.69) is 20.3 Å². The van der Waals surface area contributed by atoms with Crippen LogP contribution in [0.5, 0.6) is 0 Å². The summed E-state index contributed by atoms with van der Waals surface area (Å²) in [6, 6.07) is 0. The molecule has 1 aromatic rings. The molecule has 10 heteroatoms. The number of carbonyl (C=O) groups is 2. The average Bonchev–Trinajstić information content (AvgIpc) is 2.37. The highest BCUT2D eigenvalue weighted by Gasteiger charge is 2.57. The van der Waals surface area contributed by atoms with Crippen LogP contribution in [-0.2, 0) is 9.59 Å². The van der Waals surface area contributed by atoms with Gasteiger partial charge in [0.05, 0.1) is 11.5 Å². The van der Waals surface area contributed by atoms with Crippen molar-refractivity contribution in [3.63, 3.8) is 0 Å². The van der Waals surface area contributed by atoms with Gasteiger partial charge in [0.15, 0.2) is 10.3 Å². The number of anilines is 1. The Hall–Kier alpha value is -1.55. The van der Waals surface area contributed by atoms with Gasteiger partial charge >= 0.3 is 11.9 Å². The molecule has 2 bridgehead atoms. The Kier molecular flexibility index (Phi) is 4.13. The summed E-state index contributed by atoms with van der Waals surface area (Å²) in [4.78, 5) is 33.9. The van der Waals surface area contributed by atoms with Crippen LogP contribution in [0.2, 0.25) is 0 Å². The van der Waals surface area contributed by atoms with Crippen molar-refractivity contribution in [1.29, 1.82) is 0 Å². The molecule has 0 unspecified atom stereocenters. The van der Waals surface area contributed by atoms with Crippen LogP contribution in [0.15, 0.2) is 10.3 Å². The Morgan fingerprint density at radius 2 is 1.55 bits per heavy atom. The van der Waals surface area contributed by atoms with E-state index in [1.807, 2.05) is 0 Å². The van der Waals surface area contributed by atoms with Gasteiger partial charge in [0.1, 0.15) is 0 Å². The quantitative estimate of drug-likeness (QED) is 0.593. The fraction of sp³-hybridized carbons (Fsp3) is 0.583. The highest BCUT2D eigenvalue weighted by molar-refractivity contribution is 8.00. The number of aromatic nitrogens is 3. The molecule has 3 aliphatic carbocycles. The third-order valence-electron chi connectivity index (χ3n) is 3.66. The number of aliphatic carboxylic acids is 2. The number of hydrogen-bond acceptors (Lipinski definition) is 8. The van der Waals surface area contributed by atoms with Gasteiger partial charge in [-0.15, -0.1) is 0 Å². The van der Waals surface area contributed by atoms with Crippen molar-refractivity contribution in [2.75, 3.05) is 16.8 Å². The Morgan fingerprint density at radius 3 is 1.91 bits per heavy atom. The van der Waals surface area contributed by atoms with E-state index in [4.69, 9.17) is 10.2 Å². The van der Waals surface area contributed by atoms with Crippen molar-refractivity contribution < 1.29 is 19.8 Å². The number of nitrogens with zero attached hydrogens (tertiary/aromatic N) is 3. The van der Waals surface area contributed by atoms with E-state index >= 15 is 0 Å². The Bertz CT molecular complexity index is 574. The molecule has 1 heterocycles. The summed E-state index contributed by atoms with van der Waals surface area (Å²) >= 11 is 1.99. The summed E-state index contributed by atoms with van der Waals surface area (Å²) in [5.74, 6) is -1.03. The molecule has 1 aromatic heterocycles. The number of carboxylic acids is 2. The highest BCUT2D eigenvalue weighted by atomic mass is 32.2. The molecule has 4 rings (SSSR count). The summed E-state index contributed by atoms with van der Waals surface area (Å²) in [5, 5.41) is 21.4. The molecular formula is C12H14N4O4S2. The molecule has 0 spiro atoms. The molecule has 3 aliphatic rings. The van der Waals surface area contributed by atoms with E-state index in [1.165, 1.54) is 0 Å². The molecule has 0 radical (unpaired) electrons. The van der Waals surface area contributed by atoms with Crippen LogP contribution >= 0.6 is 23.5 Å². The van der Waals surface area contributed by atoms with Crippen molar-refractivity contribution in [1.82, 2.24) is 15.0 Å². The first-order chi connectivity index (χ1) is 10.4. The molecule has 3 saturated carbocycles.